The second-order valence-corrected chi connectivity index (χ2v) is 4.60. The number of aromatic nitrogens is 1. The van der Waals surface area contributed by atoms with Gasteiger partial charge in [0.15, 0.2) is 0 Å². The Morgan fingerprint density at radius 2 is 1.85 bits per heavy atom. The van der Waals surface area contributed by atoms with Crippen LogP contribution in [0.15, 0.2) is 42.6 Å². The second-order valence-electron chi connectivity index (χ2n) is 4.60. The zero-order valence-corrected chi connectivity index (χ0v) is 11.9. The fraction of sp³-hybridized carbons (Fsp3) is 0.294. The monoisotopic (exact) mass is 269 g/mol. The SMILES string of the molecule is CCCc1ccc(-c2ccc(C(=O)OCC)cc2)nc1. The summed E-state index contributed by atoms with van der Waals surface area (Å²) in [6, 6.07) is 11.5. The molecule has 1 heterocycles. The molecule has 0 atom stereocenters. The first-order valence-electron chi connectivity index (χ1n) is 6.97. The minimum Gasteiger partial charge on any atom is -0.462 e. The highest BCUT2D eigenvalue weighted by molar-refractivity contribution is 5.89. The van der Waals surface area contributed by atoms with Gasteiger partial charge in [0.25, 0.3) is 0 Å². The molecule has 1 aromatic heterocycles. The predicted octanol–water partition coefficient (Wildman–Crippen LogP) is 3.88. The van der Waals surface area contributed by atoms with Crippen LogP contribution in [-0.2, 0) is 11.2 Å². The number of hydrogen-bond acceptors (Lipinski definition) is 3. The molecule has 0 N–H and O–H groups in total. The molecule has 1 aromatic carbocycles. The first-order valence-corrected chi connectivity index (χ1v) is 6.97. The van der Waals surface area contributed by atoms with Gasteiger partial charge in [-0.25, -0.2) is 4.79 Å². The molecule has 104 valence electrons. The third-order valence-corrected chi connectivity index (χ3v) is 3.06. The zero-order valence-electron chi connectivity index (χ0n) is 11.9. The van der Waals surface area contributed by atoms with Crippen molar-refractivity contribution in [2.24, 2.45) is 0 Å². The Labute approximate surface area is 119 Å². The van der Waals surface area contributed by atoms with E-state index in [1.807, 2.05) is 24.4 Å². The van der Waals surface area contributed by atoms with E-state index in [-0.39, 0.29) is 5.97 Å². The predicted molar refractivity (Wildman–Crippen MR) is 79.6 cm³/mol. The summed E-state index contributed by atoms with van der Waals surface area (Å²) in [6.45, 7) is 4.34. The van der Waals surface area contributed by atoms with E-state index in [0.717, 1.165) is 24.1 Å². The molecule has 0 spiro atoms. The van der Waals surface area contributed by atoms with Gasteiger partial charge in [-0.2, -0.15) is 0 Å². The smallest absolute Gasteiger partial charge is 0.338 e. The Kier molecular flexibility index (Phi) is 4.88. The first kappa shape index (κ1) is 14.3. The lowest BCUT2D eigenvalue weighted by atomic mass is 10.1. The molecule has 0 fully saturated rings. The maximum atomic E-state index is 11.6. The summed E-state index contributed by atoms with van der Waals surface area (Å²) in [5.41, 5.74) is 3.74. The van der Waals surface area contributed by atoms with Crippen LogP contribution in [0.3, 0.4) is 0 Å². The Morgan fingerprint density at radius 1 is 1.10 bits per heavy atom. The largest absolute Gasteiger partial charge is 0.462 e. The Bertz CT molecular complexity index is 559. The lowest BCUT2D eigenvalue weighted by molar-refractivity contribution is 0.0526. The van der Waals surface area contributed by atoms with Crippen molar-refractivity contribution < 1.29 is 9.53 Å². The summed E-state index contributed by atoms with van der Waals surface area (Å²) in [6.07, 6.45) is 4.09. The summed E-state index contributed by atoms with van der Waals surface area (Å²) in [5.74, 6) is -0.287. The van der Waals surface area contributed by atoms with Crippen LogP contribution >= 0.6 is 0 Å². The average Bonchev–Trinajstić information content (AvgIpc) is 2.49. The highest BCUT2D eigenvalue weighted by Gasteiger charge is 2.06. The van der Waals surface area contributed by atoms with Crippen LogP contribution in [-0.4, -0.2) is 17.6 Å². The van der Waals surface area contributed by atoms with Gasteiger partial charge in [-0.3, -0.25) is 4.98 Å². The standard InChI is InChI=1S/C17H19NO2/c1-3-5-13-6-11-16(18-12-13)14-7-9-15(10-8-14)17(19)20-4-2/h6-12H,3-5H2,1-2H3. The van der Waals surface area contributed by atoms with Gasteiger partial charge in [0, 0.05) is 11.8 Å². The minimum atomic E-state index is -0.287. The Morgan fingerprint density at radius 3 is 2.40 bits per heavy atom. The summed E-state index contributed by atoms with van der Waals surface area (Å²) in [7, 11) is 0. The van der Waals surface area contributed by atoms with E-state index in [1.54, 1.807) is 19.1 Å². The molecule has 0 amide bonds. The lowest BCUT2D eigenvalue weighted by Gasteiger charge is -2.05. The van der Waals surface area contributed by atoms with Gasteiger partial charge in [0.2, 0.25) is 0 Å². The van der Waals surface area contributed by atoms with Crippen molar-refractivity contribution in [2.45, 2.75) is 26.7 Å². The lowest BCUT2D eigenvalue weighted by Crippen LogP contribution is -2.04. The van der Waals surface area contributed by atoms with Gasteiger partial charge in [0.05, 0.1) is 17.9 Å². The minimum absolute atomic E-state index is 0.287. The van der Waals surface area contributed by atoms with Crippen molar-refractivity contribution in [3.05, 3.63) is 53.7 Å². The fourth-order valence-corrected chi connectivity index (χ4v) is 2.02. The molecule has 0 bridgehead atoms. The molecule has 0 aliphatic carbocycles. The molecule has 3 nitrogen and oxygen atoms in total. The summed E-state index contributed by atoms with van der Waals surface area (Å²) < 4.78 is 4.96. The molecule has 2 aromatic rings. The summed E-state index contributed by atoms with van der Waals surface area (Å²) >= 11 is 0. The second kappa shape index (κ2) is 6.85. The normalized spacial score (nSPS) is 10.3. The number of esters is 1. The Hall–Kier alpha value is -2.16. The van der Waals surface area contributed by atoms with Crippen molar-refractivity contribution in [3.8, 4) is 11.3 Å². The van der Waals surface area contributed by atoms with Crippen LogP contribution in [0.25, 0.3) is 11.3 Å². The van der Waals surface area contributed by atoms with Gasteiger partial charge >= 0.3 is 5.97 Å². The molecule has 0 radical (unpaired) electrons. The molecule has 0 aliphatic rings. The van der Waals surface area contributed by atoms with E-state index in [2.05, 4.69) is 18.0 Å². The number of aryl methyl sites for hydroxylation is 1. The van der Waals surface area contributed by atoms with Crippen LogP contribution in [0.5, 0.6) is 0 Å². The third-order valence-electron chi connectivity index (χ3n) is 3.06. The highest BCUT2D eigenvalue weighted by Crippen LogP contribution is 2.18. The van der Waals surface area contributed by atoms with Crippen molar-refractivity contribution in [1.29, 1.82) is 0 Å². The topological polar surface area (TPSA) is 39.2 Å². The van der Waals surface area contributed by atoms with E-state index in [1.165, 1.54) is 5.56 Å². The number of carbonyl (C=O) groups is 1. The molecule has 0 unspecified atom stereocenters. The maximum Gasteiger partial charge on any atom is 0.338 e. The van der Waals surface area contributed by atoms with E-state index in [4.69, 9.17) is 4.74 Å². The molecule has 2 rings (SSSR count). The number of ether oxygens (including phenoxy) is 1. The van der Waals surface area contributed by atoms with Crippen LogP contribution in [0.2, 0.25) is 0 Å². The van der Waals surface area contributed by atoms with E-state index in [9.17, 15) is 4.79 Å². The zero-order chi connectivity index (χ0) is 14.4. The fourth-order valence-electron chi connectivity index (χ4n) is 2.02. The first-order chi connectivity index (χ1) is 9.74. The molecule has 0 aliphatic heterocycles. The quantitative estimate of drug-likeness (QED) is 0.773. The Balaban J connectivity index is 2.15. The number of pyridine rings is 1. The number of rotatable bonds is 5. The maximum absolute atomic E-state index is 11.6. The summed E-state index contributed by atoms with van der Waals surface area (Å²) in [5, 5.41) is 0. The number of benzene rings is 1. The van der Waals surface area contributed by atoms with Gasteiger partial charge in [-0.15, -0.1) is 0 Å². The molecular weight excluding hydrogens is 250 g/mol. The van der Waals surface area contributed by atoms with Crippen LogP contribution in [0, 0.1) is 0 Å². The molecule has 0 saturated carbocycles. The van der Waals surface area contributed by atoms with Gasteiger partial charge in [0.1, 0.15) is 0 Å². The molecule has 3 heteroatoms. The number of carbonyl (C=O) groups excluding carboxylic acids is 1. The van der Waals surface area contributed by atoms with Crippen LogP contribution < -0.4 is 0 Å². The van der Waals surface area contributed by atoms with Gasteiger partial charge in [-0.05, 0) is 37.1 Å². The number of hydrogen-bond donors (Lipinski definition) is 0. The van der Waals surface area contributed by atoms with Gasteiger partial charge < -0.3 is 4.74 Å². The van der Waals surface area contributed by atoms with Crippen molar-refractivity contribution in [1.82, 2.24) is 4.98 Å². The van der Waals surface area contributed by atoms with Gasteiger partial charge in [-0.1, -0.05) is 31.5 Å². The highest BCUT2D eigenvalue weighted by atomic mass is 16.5. The van der Waals surface area contributed by atoms with E-state index in [0.29, 0.717) is 12.2 Å². The molecular formula is C17H19NO2. The summed E-state index contributed by atoms with van der Waals surface area (Å²) in [4.78, 5) is 16.0. The molecule has 0 saturated heterocycles. The van der Waals surface area contributed by atoms with Crippen molar-refractivity contribution in [2.75, 3.05) is 6.61 Å². The van der Waals surface area contributed by atoms with Crippen molar-refractivity contribution in [3.63, 3.8) is 0 Å². The van der Waals surface area contributed by atoms with Crippen LogP contribution in [0.4, 0.5) is 0 Å². The van der Waals surface area contributed by atoms with E-state index >= 15 is 0 Å². The number of nitrogens with zero attached hydrogens (tertiary/aromatic N) is 1. The van der Waals surface area contributed by atoms with Crippen molar-refractivity contribution >= 4 is 5.97 Å². The molecule has 20 heavy (non-hydrogen) atoms. The van der Waals surface area contributed by atoms with E-state index < -0.39 is 0 Å². The third kappa shape index (κ3) is 3.44. The van der Waals surface area contributed by atoms with Crippen LogP contribution in [0.1, 0.15) is 36.2 Å². The average molecular weight is 269 g/mol.